The summed E-state index contributed by atoms with van der Waals surface area (Å²) in [5.41, 5.74) is 9.03. The van der Waals surface area contributed by atoms with Crippen molar-refractivity contribution < 1.29 is 47.5 Å². The van der Waals surface area contributed by atoms with Gasteiger partial charge >= 0.3 is 0 Å². The first kappa shape index (κ1) is 54.3. The average Bonchev–Trinajstić information content (AvgIpc) is 4.36. The highest BCUT2D eigenvalue weighted by atomic mass is 127. The van der Waals surface area contributed by atoms with E-state index in [-0.39, 0.29) is 30.1 Å². The number of benzene rings is 2. The van der Waals surface area contributed by atoms with Crippen LogP contribution in [0, 0.1) is 3.70 Å². The molecule has 0 N–H and O–H groups in total. The van der Waals surface area contributed by atoms with E-state index in [1.807, 2.05) is 100.0 Å². The maximum Gasteiger partial charge on any atom is 0.254 e. The minimum atomic E-state index is 0.0333. The molecule has 0 atom stereocenters. The molecular weight excluding hydrogens is 1120 g/mol. The van der Waals surface area contributed by atoms with Crippen LogP contribution < -0.4 is 14.2 Å². The van der Waals surface area contributed by atoms with Gasteiger partial charge in [0.15, 0.2) is 0 Å². The number of hydrogen-bond acceptors (Lipinski definition) is 16. The Kier molecular flexibility index (Phi) is 17.6. The van der Waals surface area contributed by atoms with Crippen LogP contribution in [0.3, 0.4) is 0 Å². The van der Waals surface area contributed by atoms with E-state index in [2.05, 4.69) is 42.6 Å². The van der Waals surface area contributed by atoms with Crippen molar-refractivity contribution in [1.29, 1.82) is 0 Å². The van der Waals surface area contributed by atoms with Crippen LogP contribution in [-0.2, 0) is 44.3 Å². The molecule has 414 valence electrons. The van der Waals surface area contributed by atoms with Crippen molar-refractivity contribution in [3.63, 3.8) is 0 Å². The Labute approximate surface area is 471 Å². The van der Waals surface area contributed by atoms with Crippen molar-refractivity contribution in [1.82, 2.24) is 44.3 Å². The van der Waals surface area contributed by atoms with E-state index in [0.717, 1.165) is 124 Å². The Morgan fingerprint density at radius 3 is 1.44 bits per heavy atom. The Hall–Kier alpha value is -6.63. The molecule has 0 unspecified atom stereocenters. The first-order chi connectivity index (χ1) is 38.8. The largest absolute Gasteiger partial charge is 0.474 e. The molecule has 0 bridgehead atoms. The highest BCUT2D eigenvalue weighted by molar-refractivity contribution is 14.1. The lowest BCUT2D eigenvalue weighted by Gasteiger charge is -2.26. The molecule has 0 saturated carbocycles. The molecule has 5 saturated heterocycles. The minimum Gasteiger partial charge on any atom is -0.474 e. The molecule has 5 aromatic heterocycles. The Balaban J connectivity index is 0.000000130. The summed E-state index contributed by atoms with van der Waals surface area (Å²) in [6.07, 6.45) is 11.0. The highest BCUT2D eigenvalue weighted by Gasteiger charge is 2.28. The Morgan fingerprint density at radius 1 is 0.506 bits per heavy atom. The van der Waals surface area contributed by atoms with Crippen LogP contribution in [-0.4, -0.2) is 172 Å². The normalized spacial score (nSPS) is 18.2. The smallest absolute Gasteiger partial charge is 0.254 e. The van der Waals surface area contributed by atoms with Crippen LogP contribution >= 0.6 is 22.6 Å². The van der Waals surface area contributed by atoms with Gasteiger partial charge in [-0.3, -0.25) is 23.9 Å². The number of carbonyl (C=O) groups excluding carboxylic acids is 2. The number of aryl methyl sites for hydroxylation is 2. The summed E-state index contributed by atoms with van der Waals surface area (Å²) in [5.74, 6) is 2.01. The van der Waals surface area contributed by atoms with Crippen LogP contribution in [0.5, 0.6) is 17.6 Å². The molecule has 0 spiro atoms. The molecule has 6 aliphatic rings. The SMILES string of the molecule is Cn1nc(-c2ccc(C(=O)N3CCOCC3)cc2)c2c(OC3CCOCC3)nccc21.Cn1nc(I)c2c(OC3CCOCC3)nccc21.O=C(c1ccc(C2=NCc3ccnc(OC4CCOCC4)c32)cc1)N1CCOCC1. The third-order valence-electron chi connectivity index (χ3n) is 14.8. The summed E-state index contributed by atoms with van der Waals surface area (Å²) in [7, 11) is 3.85. The van der Waals surface area contributed by atoms with E-state index in [9.17, 15) is 9.59 Å². The van der Waals surface area contributed by atoms with Gasteiger partial charge in [0.2, 0.25) is 17.6 Å². The standard InChI is InChI=1S/C23H26N4O4.C23H25N3O4.C12H14IN3O2/c1-26-19-6-9-24-22(31-18-7-12-29-13-8-18)20(19)21(25-26)16-2-4-17(5-3-16)23(28)27-10-14-30-15-11-27;27-23(26-9-13-29-14-10-26)17-3-1-16(2-4-17)21-20-18(15-25-21)5-8-24-22(20)30-19-6-11-28-12-7-19;1-16-9-2-5-14-12(10(9)11(13)15-16)18-8-3-6-17-7-4-8/h2-6,9,18H,7-8,10-15H2,1H3;1-5,8,19H,6-7,9-15H2;2,5,8H,3-4,6-7H2,1H3. The number of pyridine rings is 3. The molecular formula is C58H65IN10O10. The fourth-order valence-electron chi connectivity index (χ4n) is 10.4. The summed E-state index contributed by atoms with van der Waals surface area (Å²) in [6.45, 7) is 9.92. The van der Waals surface area contributed by atoms with E-state index >= 15 is 0 Å². The zero-order chi connectivity index (χ0) is 54.1. The lowest BCUT2D eigenvalue weighted by molar-refractivity contribution is 0.0235. The summed E-state index contributed by atoms with van der Waals surface area (Å²) in [5, 5.41) is 11.0. The molecule has 21 heteroatoms. The number of carbonyl (C=O) groups is 2. The van der Waals surface area contributed by atoms with E-state index in [1.165, 1.54) is 0 Å². The maximum absolute atomic E-state index is 12.7. The Morgan fingerprint density at radius 2 is 0.924 bits per heavy atom. The van der Waals surface area contributed by atoms with Crippen molar-refractivity contribution in [2.45, 2.75) is 63.4 Å². The summed E-state index contributed by atoms with van der Waals surface area (Å²) in [6, 6.07) is 21.2. The molecule has 7 aromatic rings. The number of aliphatic imine (C=N–C) groups is 1. The Bertz CT molecular complexity index is 3250. The van der Waals surface area contributed by atoms with Gasteiger partial charge < -0.3 is 47.7 Å². The molecule has 11 heterocycles. The number of ether oxygens (including phenoxy) is 8. The van der Waals surface area contributed by atoms with Crippen molar-refractivity contribution in [3.05, 3.63) is 117 Å². The summed E-state index contributed by atoms with van der Waals surface area (Å²) in [4.78, 5) is 47.3. The van der Waals surface area contributed by atoms with Crippen LogP contribution in [0.2, 0.25) is 0 Å². The highest BCUT2D eigenvalue weighted by Crippen LogP contribution is 2.36. The van der Waals surface area contributed by atoms with Crippen LogP contribution in [0.15, 0.2) is 90.3 Å². The monoisotopic (exact) mass is 1190 g/mol. The molecule has 6 aliphatic heterocycles. The van der Waals surface area contributed by atoms with Crippen molar-refractivity contribution in [2.24, 2.45) is 19.1 Å². The average molecular weight is 1190 g/mol. The van der Waals surface area contributed by atoms with Crippen molar-refractivity contribution >= 4 is 61.9 Å². The van der Waals surface area contributed by atoms with E-state index in [0.29, 0.717) is 101 Å². The predicted octanol–water partition coefficient (Wildman–Crippen LogP) is 7.26. The fourth-order valence-corrected chi connectivity index (χ4v) is 11.3. The number of fused-ring (bicyclic) bond motifs is 3. The maximum atomic E-state index is 12.7. The zero-order valence-corrected chi connectivity index (χ0v) is 46.8. The first-order valence-electron chi connectivity index (χ1n) is 27.3. The minimum absolute atomic E-state index is 0.0333. The first-order valence-corrected chi connectivity index (χ1v) is 28.3. The lowest BCUT2D eigenvalue weighted by Crippen LogP contribution is -2.40. The number of nitrogens with zero attached hydrogens (tertiary/aromatic N) is 10. The van der Waals surface area contributed by atoms with Gasteiger partial charge in [-0.15, -0.1) is 0 Å². The summed E-state index contributed by atoms with van der Waals surface area (Å²) < 4.78 is 50.0. The number of hydrogen-bond donors (Lipinski definition) is 0. The van der Waals surface area contributed by atoms with Gasteiger partial charge in [-0.05, 0) is 70.6 Å². The third kappa shape index (κ3) is 12.7. The van der Waals surface area contributed by atoms with Gasteiger partial charge in [0.25, 0.3) is 11.8 Å². The molecule has 0 aliphatic carbocycles. The van der Waals surface area contributed by atoms with Gasteiger partial charge in [0.1, 0.15) is 27.7 Å². The van der Waals surface area contributed by atoms with Crippen molar-refractivity contribution in [2.75, 3.05) is 92.2 Å². The van der Waals surface area contributed by atoms with Gasteiger partial charge in [0, 0.05) is 120 Å². The number of amides is 2. The second kappa shape index (κ2) is 25.7. The van der Waals surface area contributed by atoms with Crippen LogP contribution in [0.4, 0.5) is 0 Å². The quantitative estimate of drug-likeness (QED) is 0.124. The van der Waals surface area contributed by atoms with E-state index < -0.39 is 0 Å². The van der Waals surface area contributed by atoms with Gasteiger partial charge in [0.05, 0.1) is 106 Å². The molecule has 2 amide bonds. The van der Waals surface area contributed by atoms with Crippen molar-refractivity contribution in [3.8, 4) is 28.9 Å². The molecule has 2 aromatic carbocycles. The molecule has 0 radical (unpaired) electrons. The van der Waals surface area contributed by atoms with Crippen LogP contribution in [0.1, 0.15) is 75.9 Å². The predicted molar refractivity (Wildman–Crippen MR) is 302 cm³/mol. The second-order valence-corrected chi connectivity index (χ2v) is 21.0. The number of halogens is 1. The van der Waals surface area contributed by atoms with E-state index in [4.69, 9.17) is 48.0 Å². The zero-order valence-electron chi connectivity index (χ0n) is 44.6. The molecule has 13 rings (SSSR count). The summed E-state index contributed by atoms with van der Waals surface area (Å²) >= 11 is 2.22. The van der Waals surface area contributed by atoms with Gasteiger partial charge in [-0.25, -0.2) is 15.0 Å². The molecule has 20 nitrogen and oxygen atoms in total. The topological polar surface area (TPSA) is 201 Å². The molecule has 79 heavy (non-hydrogen) atoms. The third-order valence-corrected chi connectivity index (χ3v) is 15.6. The number of aromatic nitrogens is 7. The van der Waals surface area contributed by atoms with Crippen LogP contribution in [0.25, 0.3) is 33.1 Å². The van der Waals surface area contributed by atoms with Gasteiger partial charge in [-0.2, -0.15) is 10.2 Å². The fraction of sp³-hybridized carbons (Fsp3) is 0.448. The lowest BCUT2D eigenvalue weighted by atomic mass is 10.00. The second-order valence-electron chi connectivity index (χ2n) is 20.0. The number of morpholine rings is 2. The number of rotatable bonds is 10. The van der Waals surface area contributed by atoms with Gasteiger partial charge in [-0.1, -0.05) is 24.3 Å². The van der Waals surface area contributed by atoms with E-state index in [1.54, 1.807) is 18.6 Å². The molecule has 5 fully saturated rings.